The molecule has 4 aliphatic carbocycles. The molecule has 3 saturated carbocycles. The Morgan fingerprint density at radius 3 is 2.81 bits per heavy atom. The molecule has 0 bridgehead atoms. The standard InChI is InChI=1S/C32H37BrN2S/c1-4-16-36-30-25(19-34)28(20-8-7-10-22(33)17-20)24-18-27-23-12-11-21-9-5-6-14-31(21,2)26(23)13-15-32(27,3)29(24)35-30/h4,7-8,10,17,21,23,26-27H,1,5-6,9,11-16,18H2,2-3H3/t21-,23+,26-,27+,31-,32-/m0/s1. The van der Waals surface area contributed by atoms with Gasteiger partial charge in [-0.3, -0.25) is 0 Å². The number of nitrogens with zero attached hydrogens (tertiary/aromatic N) is 2. The number of rotatable bonds is 4. The summed E-state index contributed by atoms with van der Waals surface area (Å²) in [6.07, 6.45) is 14.1. The Balaban J connectivity index is 1.49. The van der Waals surface area contributed by atoms with Crippen LogP contribution in [0.4, 0.5) is 0 Å². The van der Waals surface area contributed by atoms with Crippen LogP contribution in [0.2, 0.25) is 0 Å². The van der Waals surface area contributed by atoms with Crippen LogP contribution < -0.4 is 0 Å². The summed E-state index contributed by atoms with van der Waals surface area (Å²) in [6, 6.07) is 11.1. The Kier molecular flexibility index (Phi) is 6.41. The van der Waals surface area contributed by atoms with Crippen LogP contribution in [0.5, 0.6) is 0 Å². The number of thioether (sulfide) groups is 1. The van der Waals surface area contributed by atoms with Crippen molar-refractivity contribution in [1.29, 1.82) is 5.26 Å². The van der Waals surface area contributed by atoms with Gasteiger partial charge in [-0.2, -0.15) is 5.26 Å². The van der Waals surface area contributed by atoms with E-state index in [1.54, 1.807) is 11.8 Å². The first-order valence-corrected chi connectivity index (χ1v) is 15.7. The van der Waals surface area contributed by atoms with Gasteiger partial charge < -0.3 is 0 Å². The predicted molar refractivity (Wildman–Crippen MR) is 153 cm³/mol. The Hall–Kier alpha value is -1.57. The Morgan fingerprint density at radius 1 is 1.17 bits per heavy atom. The largest absolute Gasteiger partial charge is 0.244 e. The molecule has 0 N–H and O–H groups in total. The minimum Gasteiger partial charge on any atom is -0.244 e. The van der Waals surface area contributed by atoms with Crippen molar-refractivity contribution < 1.29 is 0 Å². The summed E-state index contributed by atoms with van der Waals surface area (Å²) in [4.78, 5) is 5.34. The summed E-state index contributed by atoms with van der Waals surface area (Å²) >= 11 is 5.35. The SMILES string of the molecule is C=CCSc1nc2c(c(-c3cccc(Br)c3)c1C#N)C[C@@H]1[C@@H]3CC[C@@H]4CCCC[C@]4(C)[C@H]3CC[C@]21C. The lowest BCUT2D eigenvalue weighted by Crippen LogP contribution is -2.53. The van der Waals surface area contributed by atoms with Gasteiger partial charge in [-0.1, -0.05) is 60.8 Å². The van der Waals surface area contributed by atoms with Crippen molar-refractivity contribution in [2.24, 2.45) is 29.1 Å². The molecule has 0 saturated heterocycles. The third-order valence-corrected chi connectivity index (χ3v) is 12.2. The van der Waals surface area contributed by atoms with Gasteiger partial charge in [0.25, 0.3) is 0 Å². The van der Waals surface area contributed by atoms with E-state index in [0.717, 1.165) is 56.1 Å². The van der Waals surface area contributed by atoms with E-state index in [0.29, 0.717) is 11.3 Å². The molecular formula is C32H37BrN2S. The first-order valence-electron chi connectivity index (χ1n) is 13.9. The van der Waals surface area contributed by atoms with Crippen LogP contribution in [0.3, 0.4) is 0 Å². The molecule has 0 radical (unpaired) electrons. The van der Waals surface area contributed by atoms with Gasteiger partial charge in [0.1, 0.15) is 11.1 Å². The van der Waals surface area contributed by atoms with Crippen LogP contribution in [0.25, 0.3) is 11.1 Å². The maximum atomic E-state index is 10.4. The topological polar surface area (TPSA) is 36.7 Å². The predicted octanol–water partition coefficient (Wildman–Crippen LogP) is 9.11. The normalized spacial score (nSPS) is 34.6. The fraction of sp³-hybridized carbons (Fsp3) is 0.562. The molecule has 0 amide bonds. The lowest BCUT2D eigenvalue weighted by atomic mass is 9.45. The quantitative estimate of drug-likeness (QED) is 0.276. The number of benzene rings is 1. The lowest BCUT2D eigenvalue weighted by molar-refractivity contribution is -0.0908. The first kappa shape index (κ1) is 24.7. The average molecular weight is 562 g/mol. The molecule has 6 atom stereocenters. The van der Waals surface area contributed by atoms with Crippen molar-refractivity contribution in [2.45, 2.75) is 82.1 Å². The second-order valence-corrected chi connectivity index (χ2v) is 14.2. The number of hydrogen-bond acceptors (Lipinski definition) is 3. The molecule has 4 aliphatic rings. The number of halogens is 1. The number of fused-ring (bicyclic) bond motifs is 7. The van der Waals surface area contributed by atoms with Gasteiger partial charge >= 0.3 is 0 Å². The van der Waals surface area contributed by atoms with Gasteiger partial charge in [0.15, 0.2) is 0 Å². The van der Waals surface area contributed by atoms with E-state index >= 15 is 0 Å². The first-order chi connectivity index (χ1) is 17.4. The molecule has 0 aliphatic heterocycles. The molecule has 1 aromatic heterocycles. The highest BCUT2D eigenvalue weighted by Crippen LogP contribution is 2.66. The van der Waals surface area contributed by atoms with Gasteiger partial charge in [0, 0.05) is 21.2 Å². The van der Waals surface area contributed by atoms with Gasteiger partial charge in [-0.05, 0) is 97.3 Å². The summed E-state index contributed by atoms with van der Waals surface area (Å²) in [5.41, 5.74) is 6.31. The van der Waals surface area contributed by atoms with Crippen LogP contribution >= 0.6 is 27.7 Å². The molecule has 0 spiro atoms. The molecule has 0 unspecified atom stereocenters. The summed E-state index contributed by atoms with van der Waals surface area (Å²) in [6.45, 7) is 9.09. The second kappa shape index (κ2) is 9.32. The van der Waals surface area contributed by atoms with Gasteiger partial charge in [0.05, 0.1) is 11.3 Å². The van der Waals surface area contributed by atoms with Gasteiger partial charge in [0.2, 0.25) is 0 Å². The Bertz CT molecular complexity index is 1250. The maximum Gasteiger partial charge on any atom is 0.115 e. The van der Waals surface area contributed by atoms with Crippen LogP contribution in [0.15, 0.2) is 46.4 Å². The third kappa shape index (κ3) is 3.67. The van der Waals surface area contributed by atoms with E-state index in [4.69, 9.17) is 4.98 Å². The van der Waals surface area contributed by atoms with Crippen molar-refractivity contribution in [1.82, 2.24) is 4.98 Å². The van der Waals surface area contributed by atoms with Gasteiger partial charge in [-0.25, -0.2) is 4.98 Å². The molecule has 188 valence electrons. The second-order valence-electron chi connectivity index (χ2n) is 12.3. The summed E-state index contributed by atoms with van der Waals surface area (Å²) in [5.74, 6) is 3.97. The van der Waals surface area contributed by atoms with Gasteiger partial charge in [-0.15, -0.1) is 18.3 Å². The highest BCUT2D eigenvalue weighted by atomic mass is 79.9. The van der Waals surface area contributed by atoms with E-state index in [-0.39, 0.29) is 5.41 Å². The van der Waals surface area contributed by atoms with E-state index in [1.807, 2.05) is 6.08 Å². The van der Waals surface area contributed by atoms with Crippen molar-refractivity contribution in [3.63, 3.8) is 0 Å². The fourth-order valence-corrected chi connectivity index (χ4v) is 10.2. The Labute approximate surface area is 229 Å². The van der Waals surface area contributed by atoms with E-state index in [9.17, 15) is 5.26 Å². The zero-order valence-electron chi connectivity index (χ0n) is 21.7. The molecule has 4 heteroatoms. The number of hydrogen-bond donors (Lipinski definition) is 0. The smallest absolute Gasteiger partial charge is 0.115 e. The third-order valence-electron chi connectivity index (χ3n) is 10.8. The zero-order chi connectivity index (χ0) is 25.1. The highest BCUT2D eigenvalue weighted by molar-refractivity contribution is 9.10. The molecule has 3 fully saturated rings. The lowest BCUT2D eigenvalue weighted by Gasteiger charge is -2.59. The minimum absolute atomic E-state index is 0.104. The maximum absolute atomic E-state index is 10.4. The molecule has 1 aromatic carbocycles. The van der Waals surface area contributed by atoms with Crippen molar-refractivity contribution in [3.05, 3.63) is 58.2 Å². The summed E-state index contributed by atoms with van der Waals surface area (Å²) < 4.78 is 1.06. The fourth-order valence-electron chi connectivity index (χ4n) is 9.09. The van der Waals surface area contributed by atoms with E-state index in [1.165, 1.54) is 62.6 Å². The minimum atomic E-state index is 0.104. The van der Waals surface area contributed by atoms with Crippen molar-refractivity contribution in [2.75, 3.05) is 5.75 Å². The van der Waals surface area contributed by atoms with Crippen LogP contribution in [-0.4, -0.2) is 10.7 Å². The zero-order valence-corrected chi connectivity index (χ0v) is 24.1. The molecule has 36 heavy (non-hydrogen) atoms. The average Bonchev–Trinajstić information content (AvgIpc) is 3.18. The number of nitriles is 1. The highest BCUT2D eigenvalue weighted by Gasteiger charge is 2.59. The molecule has 2 aromatic rings. The number of pyridine rings is 1. The van der Waals surface area contributed by atoms with Crippen molar-refractivity contribution >= 4 is 27.7 Å². The number of aromatic nitrogens is 1. The molecule has 2 nitrogen and oxygen atoms in total. The van der Waals surface area contributed by atoms with Crippen molar-refractivity contribution in [3.8, 4) is 17.2 Å². The Morgan fingerprint density at radius 2 is 2.03 bits per heavy atom. The molecular weight excluding hydrogens is 524 g/mol. The van der Waals surface area contributed by atoms with Crippen LogP contribution in [-0.2, 0) is 11.8 Å². The van der Waals surface area contributed by atoms with E-state index < -0.39 is 0 Å². The molecule has 6 rings (SSSR count). The van der Waals surface area contributed by atoms with Crippen LogP contribution in [0, 0.1) is 40.4 Å². The summed E-state index contributed by atoms with van der Waals surface area (Å²) in [5, 5.41) is 11.3. The summed E-state index contributed by atoms with van der Waals surface area (Å²) in [7, 11) is 0. The van der Waals surface area contributed by atoms with Crippen LogP contribution in [0.1, 0.15) is 82.0 Å². The molecule has 1 heterocycles. The monoisotopic (exact) mass is 560 g/mol. The van der Waals surface area contributed by atoms with E-state index in [2.05, 4.69) is 66.7 Å².